The predicted molar refractivity (Wildman–Crippen MR) is 65.3 cm³/mol. The summed E-state index contributed by atoms with van der Waals surface area (Å²) in [6, 6.07) is 3.93. The number of fused-ring (bicyclic) bond motifs is 1. The van der Waals surface area contributed by atoms with Crippen LogP contribution in [0.2, 0.25) is 0 Å². The number of nitrogens with zero attached hydrogens (tertiary/aromatic N) is 3. The van der Waals surface area contributed by atoms with Gasteiger partial charge in [-0.3, -0.25) is 0 Å². The van der Waals surface area contributed by atoms with Crippen LogP contribution in [0.3, 0.4) is 0 Å². The quantitative estimate of drug-likeness (QED) is 0.852. The number of aromatic nitrogens is 3. The van der Waals surface area contributed by atoms with Gasteiger partial charge in [-0.2, -0.15) is 0 Å². The molecular weight excluding hydrogens is 200 g/mol. The van der Waals surface area contributed by atoms with Gasteiger partial charge in [0.2, 0.25) is 0 Å². The van der Waals surface area contributed by atoms with Gasteiger partial charge in [0, 0.05) is 18.7 Å². The van der Waals surface area contributed by atoms with E-state index in [-0.39, 0.29) is 0 Å². The molecule has 0 saturated heterocycles. The van der Waals surface area contributed by atoms with Crippen molar-refractivity contribution in [3.05, 3.63) is 24.2 Å². The highest BCUT2D eigenvalue weighted by molar-refractivity contribution is 5.71. The molecule has 0 atom stereocenters. The Morgan fingerprint density at radius 2 is 2.25 bits per heavy atom. The van der Waals surface area contributed by atoms with Crippen LogP contribution in [0.4, 0.5) is 0 Å². The van der Waals surface area contributed by atoms with Gasteiger partial charge in [-0.15, -0.1) is 0 Å². The lowest BCUT2D eigenvalue weighted by Crippen LogP contribution is -2.10. The summed E-state index contributed by atoms with van der Waals surface area (Å²) in [6.07, 6.45) is 2.77. The molecule has 2 N–H and O–H groups in total. The Balaban J connectivity index is 2.51. The molecule has 0 amide bonds. The van der Waals surface area contributed by atoms with Crippen molar-refractivity contribution in [2.45, 2.75) is 32.7 Å². The summed E-state index contributed by atoms with van der Waals surface area (Å²) in [4.78, 5) is 9.02. The number of hydrogen-bond acceptors (Lipinski definition) is 3. The van der Waals surface area contributed by atoms with Crippen LogP contribution in [0.15, 0.2) is 18.3 Å². The molecule has 2 aromatic heterocycles. The van der Waals surface area contributed by atoms with E-state index in [0.29, 0.717) is 12.5 Å². The van der Waals surface area contributed by atoms with Gasteiger partial charge in [-0.25, -0.2) is 9.97 Å². The highest BCUT2D eigenvalue weighted by Gasteiger charge is 2.13. The fraction of sp³-hybridized carbons (Fsp3) is 0.500. The summed E-state index contributed by atoms with van der Waals surface area (Å²) < 4.78 is 2.19. The molecule has 2 heterocycles. The second-order valence-corrected chi connectivity index (χ2v) is 4.26. The van der Waals surface area contributed by atoms with E-state index in [1.54, 1.807) is 0 Å². The van der Waals surface area contributed by atoms with Gasteiger partial charge < -0.3 is 10.3 Å². The third-order valence-electron chi connectivity index (χ3n) is 2.64. The number of aryl methyl sites for hydroxylation is 1. The summed E-state index contributed by atoms with van der Waals surface area (Å²) in [5.41, 5.74) is 7.51. The zero-order valence-corrected chi connectivity index (χ0v) is 9.85. The highest BCUT2D eigenvalue weighted by atomic mass is 15.1. The average Bonchev–Trinajstić information content (AvgIpc) is 2.65. The number of pyridine rings is 1. The van der Waals surface area contributed by atoms with Gasteiger partial charge >= 0.3 is 0 Å². The fourth-order valence-electron chi connectivity index (χ4n) is 1.89. The lowest BCUT2D eigenvalue weighted by atomic mass is 10.2. The van der Waals surface area contributed by atoms with Crippen molar-refractivity contribution in [1.82, 2.24) is 14.5 Å². The molecule has 0 bridgehead atoms. The Morgan fingerprint density at radius 1 is 1.44 bits per heavy atom. The van der Waals surface area contributed by atoms with Gasteiger partial charge in [0.1, 0.15) is 11.3 Å². The molecule has 0 aliphatic carbocycles. The van der Waals surface area contributed by atoms with Crippen molar-refractivity contribution in [2.24, 2.45) is 5.73 Å². The highest BCUT2D eigenvalue weighted by Crippen LogP contribution is 2.20. The van der Waals surface area contributed by atoms with E-state index in [1.165, 1.54) is 0 Å². The van der Waals surface area contributed by atoms with Crippen LogP contribution in [0.1, 0.15) is 32.0 Å². The van der Waals surface area contributed by atoms with E-state index in [2.05, 4.69) is 28.4 Å². The van der Waals surface area contributed by atoms with E-state index in [4.69, 9.17) is 5.73 Å². The fourth-order valence-corrected chi connectivity index (χ4v) is 1.89. The normalized spacial score (nSPS) is 11.5. The largest absolute Gasteiger partial charge is 0.330 e. The Bertz CT molecular complexity index is 473. The van der Waals surface area contributed by atoms with E-state index in [9.17, 15) is 0 Å². The van der Waals surface area contributed by atoms with Gasteiger partial charge in [0.15, 0.2) is 5.65 Å². The number of rotatable bonds is 4. The Morgan fingerprint density at radius 3 is 2.94 bits per heavy atom. The first-order chi connectivity index (χ1) is 7.74. The average molecular weight is 218 g/mol. The summed E-state index contributed by atoms with van der Waals surface area (Å²) in [7, 11) is 0. The van der Waals surface area contributed by atoms with Crippen molar-refractivity contribution >= 4 is 11.2 Å². The number of nitrogens with two attached hydrogens (primary N) is 1. The van der Waals surface area contributed by atoms with Crippen LogP contribution in [0.5, 0.6) is 0 Å². The van der Waals surface area contributed by atoms with Gasteiger partial charge in [-0.05, 0) is 25.1 Å². The molecule has 4 nitrogen and oxygen atoms in total. The molecule has 2 rings (SSSR count). The monoisotopic (exact) mass is 218 g/mol. The van der Waals surface area contributed by atoms with Crippen LogP contribution >= 0.6 is 0 Å². The standard InChI is InChI=1S/C12H18N4/c1-9(2)11-15-10-5-3-7-14-12(10)16(11)8-4-6-13/h3,5,7,9H,4,6,8,13H2,1-2H3. The summed E-state index contributed by atoms with van der Waals surface area (Å²) in [5.74, 6) is 1.51. The maximum atomic E-state index is 5.56. The molecule has 86 valence electrons. The molecule has 0 saturated carbocycles. The molecule has 16 heavy (non-hydrogen) atoms. The zero-order chi connectivity index (χ0) is 11.5. The SMILES string of the molecule is CC(C)c1nc2cccnc2n1CCCN. The lowest BCUT2D eigenvalue weighted by molar-refractivity contribution is 0.604. The zero-order valence-electron chi connectivity index (χ0n) is 9.85. The molecule has 0 aromatic carbocycles. The van der Waals surface area contributed by atoms with Gasteiger partial charge in [0.05, 0.1) is 0 Å². The summed E-state index contributed by atoms with van der Waals surface area (Å²) in [6.45, 7) is 5.90. The van der Waals surface area contributed by atoms with Crippen molar-refractivity contribution in [3.8, 4) is 0 Å². The molecule has 0 spiro atoms. The van der Waals surface area contributed by atoms with E-state index >= 15 is 0 Å². The molecule has 0 aliphatic rings. The second kappa shape index (κ2) is 4.61. The van der Waals surface area contributed by atoms with Crippen molar-refractivity contribution < 1.29 is 0 Å². The molecule has 0 radical (unpaired) electrons. The first-order valence-electron chi connectivity index (χ1n) is 5.75. The van der Waals surface area contributed by atoms with Crippen LogP contribution in [0.25, 0.3) is 11.2 Å². The van der Waals surface area contributed by atoms with Crippen LogP contribution in [-0.2, 0) is 6.54 Å². The van der Waals surface area contributed by atoms with Crippen molar-refractivity contribution in [1.29, 1.82) is 0 Å². The minimum absolute atomic E-state index is 0.409. The van der Waals surface area contributed by atoms with E-state index in [0.717, 1.165) is 30.0 Å². The van der Waals surface area contributed by atoms with Gasteiger partial charge in [0.25, 0.3) is 0 Å². The maximum absolute atomic E-state index is 5.56. The van der Waals surface area contributed by atoms with E-state index < -0.39 is 0 Å². The van der Waals surface area contributed by atoms with Crippen molar-refractivity contribution in [2.75, 3.05) is 6.54 Å². The number of imidazole rings is 1. The van der Waals surface area contributed by atoms with Crippen LogP contribution in [0, 0.1) is 0 Å². The second-order valence-electron chi connectivity index (χ2n) is 4.26. The predicted octanol–water partition coefficient (Wildman–Crippen LogP) is 1.90. The molecule has 0 aliphatic heterocycles. The first kappa shape index (κ1) is 11.1. The lowest BCUT2D eigenvalue weighted by Gasteiger charge is -2.09. The summed E-state index contributed by atoms with van der Waals surface area (Å²) >= 11 is 0. The maximum Gasteiger partial charge on any atom is 0.159 e. The Kier molecular flexibility index (Phi) is 3.19. The molecular formula is C12H18N4. The van der Waals surface area contributed by atoms with Crippen LogP contribution < -0.4 is 5.73 Å². The Hall–Kier alpha value is -1.42. The molecule has 0 fully saturated rings. The summed E-state index contributed by atoms with van der Waals surface area (Å²) in [5, 5.41) is 0. The van der Waals surface area contributed by atoms with Gasteiger partial charge in [-0.1, -0.05) is 13.8 Å². The smallest absolute Gasteiger partial charge is 0.159 e. The minimum atomic E-state index is 0.409. The third-order valence-corrected chi connectivity index (χ3v) is 2.64. The molecule has 2 aromatic rings. The van der Waals surface area contributed by atoms with Crippen LogP contribution in [-0.4, -0.2) is 21.1 Å². The first-order valence-corrected chi connectivity index (χ1v) is 5.75. The third kappa shape index (κ3) is 1.93. The topological polar surface area (TPSA) is 56.7 Å². The Labute approximate surface area is 95.5 Å². The molecule has 0 unspecified atom stereocenters. The molecule has 4 heteroatoms. The minimum Gasteiger partial charge on any atom is -0.330 e. The van der Waals surface area contributed by atoms with Crippen molar-refractivity contribution in [3.63, 3.8) is 0 Å². The number of hydrogen-bond donors (Lipinski definition) is 1. The van der Waals surface area contributed by atoms with E-state index in [1.807, 2.05) is 18.3 Å².